The van der Waals surface area contributed by atoms with Crippen LogP contribution in [0, 0.1) is 0 Å². The maximum atomic E-state index is 6.12. The van der Waals surface area contributed by atoms with Crippen molar-refractivity contribution in [3.8, 4) is 0 Å². The minimum atomic E-state index is 0. The number of imidazole rings is 1. The van der Waals surface area contributed by atoms with Crippen LogP contribution in [0.1, 0.15) is 51.1 Å². The van der Waals surface area contributed by atoms with Crippen molar-refractivity contribution in [2.75, 3.05) is 10.6 Å². The zero-order valence-electron chi connectivity index (χ0n) is 17.7. The zero-order chi connectivity index (χ0) is 20.4. The minimum Gasteiger partial charge on any atom is -0.364 e. The maximum Gasteiger partial charge on any atom is 0.227 e. The quantitative estimate of drug-likeness (QED) is 0.443. The van der Waals surface area contributed by atoms with Crippen molar-refractivity contribution in [2.45, 2.75) is 64.2 Å². The number of nitrogens with one attached hydrogen (secondary N) is 2. The summed E-state index contributed by atoms with van der Waals surface area (Å²) in [5.74, 6) is 1.36. The average Bonchev–Trinajstić information content (AvgIpc) is 3.12. The van der Waals surface area contributed by atoms with E-state index in [2.05, 4.69) is 34.0 Å². The van der Waals surface area contributed by atoms with E-state index in [9.17, 15) is 0 Å². The van der Waals surface area contributed by atoms with E-state index in [1.54, 1.807) is 0 Å². The Morgan fingerprint density at radius 1 is 1.16 bits per heavy atom. The molecular formula is C21H30Cl3N7. The molecule has 2 heterocycles. The van der Waals surface area contributed by atoms with Crippen LogP contribution in [0.15, 0.2) is 30.6 Å². The molecule has 1 aliphatic rings. The predicted molar refractivity (Wildman–Crippen MR) is 133 cm³/mol. The van der Waals surface area contributed by atoms with Gasteiger partial charge < -0.3 is 20.9 Å². The molecule has 0 bridgehead atoms. The fourth-order valence-corrected chi connectivity index (χ4v) is 3.97. The average molecular weight is 487 g/mol. The molecule has 4 N–H and O–H groups in total. The van der Waals surface area contributed by atoms with E-state index >= 15 is 0 Å². The second-order valence-corrected chi connectivity index (χ2v) is 8.49. The standard InChI is InChI=1S/C21H28ClN7.2ClH/c1-13(2)29-12-25-18-19(24-11-14-4-3-5-15(22)10-14)27-21(28-20(18)29)26-17-8-6-16(23)7-9-17;;/h3-5,10,12-13,16-17H,6-9,11,23H2,1-2H3,(H2,24,26,27,28);2*1H. The number of nitrogens with zero attached hydrogens (tertiary/aromatic N) is 4. The summed E-state index contributed by atoms with van der Waals surface area (Å²) < 4.78 is 2.07. The highest BCUT2D eigenvalue weighted by atomic mass is 35.5. The topological polar surface area (TPSA) is 93.7 Å². The summed E-state index contributed by atoms with van der Waals surface area (Å²) in [6.45, 7) is 4.86. The first-order chi connectivity index (χ1) is 14.0. The first-order valence-electron chi connectivity index (χ1n) is 10.2. The van der Waals surface area contributed by atoms with Crippen LogP contribution in [-0.4, -0.2) is 31.6 Å². The first kappa shape index (κ1) is 25.5. The number of nitrogens with two attached hydrogens (primary N) is 1. The molecule has 0 radical (unpaired) electrons. The van der Waals surface area contributed by atoms with Gasteiger partial charge in [0.15, 0.2) is 17.0 Å². The molecule has 0 spiro atoms. The molecule has 0 aliphatic heterocycles. The van der Waals surface area contributed by atoms with Gasteiger partial charge in [-0.3, -0.25) is 0 Å². The van der Waals surface area contributed by atoms with Gasteiger partial charge in [0.1, 0.15) is 0 Å². The minimum absolute atomic E-state index is 0. The molecule has 1 saturated carbocycles. The monoisotopic (exact) mass is 485 g/mol. The third-order valence-electron chi connectivity index (χ3n) is 5.43. The van der Waals surface area contributed by atoms with E-state index in [4.69, 9.17) is 27.3 Å². The van der Waals surface area contributed by atoms with Gasteiger partial charge in [0.2, 0.25) is 5.95 Å². The highest BCUT2D eigenvalue weighted by Gasteiger charge is 2.21. The van der Waals surface area contributed by atoms with E-state index in [-0.39, 0.29) is 30.9 Å². The van der Waals surface area contributed by atoms with Gasteiger partial charge in [-0.05, 0) is 57.2 Å². The molecule has 10 heteroatoms. The SMILES string of the molecule is CC(C)n1cnc2c(NCc3cccc(Cl)c3)nc(NC3CCC(N)CC3)nc21.Cl.Cl. The highest BCUT2D eigenvalue weighted by Crippen LogP contribution is 2.26. The molecule has 2 aromatic heterocycles. The van der Waals surface area contributed by atoms with Gasteiger partial charge in [-0.2, -0.15) is 9.97 Å². The molecule has 3 aromatic rings. The van der Waals surface area contributed by atoms with Crippen LogP contribution >= 0.6 is 36.4 Å². The number of aromatic nitrogens is 4. The fourth-order valence-electron chi connectivity index (χ4n) is 3.76. The lowest BCUT2D eigenvalue weighted by Crippen LogP contribution is -2.33. The molecule has 1 fully saturated rings. The molecule has 0 unspecified atom stereocenters. The van der Waals surface area contributed by atoms with Crippen molar-refractivity contribution < 1.29 is 0 Å². The Bertz CT molecular complexity index is 984. The summed E-state index contributed by atoms with van der Waals surface area (Å²) in [6.07, 6.45) is 5.97. The first-order valence-corrected chi connectivity index (χ1v) is 10.6. The Morgan fingerprint density at radius 3 is 2.58 bits per heavy atom. The zero-order valence-corrected chi connectivity index (χ0v) is 20.1. The van der Waals surface area contributed by atoms with Gasteiger partial charge in [-0.15, -0.1) is 24.8 Å². The Labute approximate surface area is 200 Å². The Morgan fingerprint density at radius 2 is 1.90 bits per heavy atom. The third kappa shape index (κ3) is 6.13. The molecule has 0 saturated heterocycles. The van der Waals surface area contributed by atoms with E-state index < -0.39 is 0 Å². The number of rotatable bonds is 6. The van der Waals surface area contributed by atoms with Crippen molar-refractivity contribution in [3.05, 3.63) is 41.2 Å². The number of benzene rings is 1. The van der Waals surface area contributed by atoms with Gasteiger partial charge in [0.25, 0.3) is 0 Å². The Kier molecular flexibility index (Phi) is 9.18. The number of hydrogen-bond donors (Lipinski definition) is 3. The Balaban J connectivity index is 0.00000171. The van der Waals surface area contributed by atoms with Crippen molar-refractivity contribution in [1.29, 1.82) is 0 Å². The number of halogens is 3. The highest BCUT2D eigenvalue weighted by molar-refractivity contribution is 6.30. The van der Waals surface area contributed by atoms with Crippen LogP contribution in [0.2, 0.25) is 5.02 Å². The lowest BCUT2D eigenvalue weighted by Gasteiger charge is -2.27. The number of hydrogen-bond acceptors (Lipinski definition) is 6. The number of anilines is 2. The van der Waals surface area contributed by atoms with Crippen molar-refractivity contribution in [3.63, 3.8) is 0 Å². The van der Waals surface area contributed by atoms with Crippen LogP contribution in [0.5, 0.6) is 0 Å². The molecule has 170 valence electrons. The van der Waals surface area contributed by atoms with Crippen LogP contribution in [-0.2, 0) is 6.54 Å². The Hall–Kier alpha value is -1.80. The lowest BCUT2D eigenvalue weighted by molar-refractivity contribution is 0.410. The van der Waals surface area contributed by atoms with Gasteiger partial charge in [0.05, 0.1) is 6.33 Å². The molecule has 7 nitrogen and oxygen atoms in total. The van der Waals surface area contributed by atoms with Gasteiger partial charge in [-0.25, -0.2) is 4.98 Å². The normalized spacial score (nSPS) is 18.4. The summed E-state index contributed by atoms with van der Waals surface area (Å²) in [6, 6.07) is 8.73. The fraction of sp³-hybridized carbons (Fsp3) is 0.476. The maximum absolute atomic E-state index is 6.12. The lowest BCUT2D eigenvalue weighted by atomic mass is 9.92. The smallest absolute Gasteiger partial charge is 0.227 e. The number of fused-ring (bicyclic) bond motifs is 1. The van der Waals surface area contributed by atoms with E-state index in [1.807, 2.05) is 30.6 Å². The molecule has 0 amide bonds. The second kappa shape index (κ2) is 11.2. The second-order valence-electron chi connectivity index (χ2n) is 8.05. The molecule has 1 aromatic carbocycles. The molecule has 1 aliphatic carbocycles. The molecule has 0 atom stereocenters. The van der Waals surface area contributed by atoms with E-state index in [0.29, 0.717) is 24.6 Å². The summed E-state index contributed by atoms with van der Waals surface area (Å²) in [5, 5.41) is 7.66. The van der Waals surface area contributed by atoms with Crippen LogP contribution in [0.4, 0.5) is 11.8 Å². The summed E-state index contributed by atoms with van der Waals surface area (Å²) >= 11 is 6.12. The summed E-state index contributed by atoms with van der Waals surface area (Å²) in [4.78, 5) is 14.1. The van der Waals surface area contributed by atoms with E-state index in [0.717, 1.165) is 53.3 Å². The van der Waals surface area contributed by atoms with Gasteiger partial charge in [-0.1, -0.05) is 23.7 Å². The largest absolute Gasteiger partial charge is 0.364 e. The summed E-state index contributed by atoms with van der Waals surface area (Å²) in [7, 11) is 0. The predicted octanol–water partition coefficient (Wildman–Crippen LogP) is 5.20. The van der Waals surface area contributed by atoms with Crippen LogP contribution in [0.3, 0.4) is 0 Å². The van der Waals surface area contributed by atoms with E-state index in [1.165, 1.54) is 0 Å². The molecule has 31 heavy (non-hydrogen) atoms. The van der Waals surface area contributed by atoms with Crippen molar-refractivity contribution in [1.82, 2.24) is 19.5 Å². The van der Waals surface area contributed by atoms with Crippen molar-refractivity contribution >= 4 is 59.3 Å². The van der Waals surface area contributed by atoms with Gasteiger partial charge in [0, 0.05) is 29.7 Å². The van der Waals surface area contributed by atoms with Gasteiger partial charge >= 0.3 is 0 Å². The van der Waals surface area contributed by atoms with Crippen LogP contribution in [0.25, 0.3) is 11.2 Å². The molecular weight excluding hydrogens is 457 g/mol. The summed E-state index contributed by atoms with van der Waals surface area (Å²) in [5.41, 5.74) is 8.74. The molecule has 4 rings (SSSR count). The van der Waals surface area contributed by atoms with Crippen molar-refractivity contribution in [2.24, 2.45) is 5.73 Å². The van der Waals surface area contributed by atoms with Crippen LogP contribution < -0.4 is 16.4 Å². The third-order valence-corrected chi connectivity index (χ3v) is 5.67.